The topological polar surface area (TPSA) is 56.0 Å². The van der Waals surface area contributed by atoms with E-state index in [1.165, 1.54) is 0 Å². The lowest BCUT2D eigenvalue weighted by atomic mass is 9.72. The molecule has 6 unspecified atom stereocenters. The highest BCUT2D eigenvalue weighted by Crippen LogP contribution is 2.58. The third-order valence-corrected chi connectivity index (χ3v) is 4.82. The van der Waals surface area contributed by atoms with Crippen LogP contribution in [0.1, 0.15) is 19.8 Å². The minimum absolute atomic E-state index is 0.195. The van der Waals surface area contributed by atoms with Crippen molar-refractivity contribution in [3.63, 3.8) is 0 Å². The zero-order chi connectivity index (χ0) is 9.92. The van der Waals surface area contributed by atoms with Crippen molar-refractivity contribution in [3.8, 4) is 6.07 Å². The van der Waals surface area contributed by atoms with E-state index < -0.39 is 5.60 Å². The molecule has 2 N–H and O–H groups in total. The lowest BCUT2D eigenvalue weighted by Crippen LogP contribution is -2.54. The summed E-state index contributed by atoms with van der Waals surface area (Å²) >= 11 is 0. The number of rotatable bonds is 1. The molecule has 2 aliphatic carbocycles. The summed E-state index contributed by atoms with van der Waals surface area (Å²) in [5, 5.41) is 23.0. The summed E-state index contributed by atoms with van der Waals surface area (Å²) in [6.07, 6.45) is 2.25. The molecule has 0 amide bonds. The molecule has 1 aliphatic heterocycles. The Morgan fingerprint density at radius 2 is 2.36 bits per heavy atom. The Kier molecular flexibility index (Phi) is 1.55. The molecule has 3 rings (SSSR count). The molecule has 3 fully saturated rings. The Balaban J connectivity index is 1.99. The molecule has 0 spiro atoms. The van der Waals surface area contributed by atoms with E-state index in [1.54, 1.807) is 0 Å². The Morgan fingerprint density at radius 1 is 1.57 bits per heavy atom. The zero-order valence-electron chi connectivity index (χ0n) is 8.40. The highest BCUT2D eigenvalue weighted by molar-refractivity contribution is 5.21. The molecular formula is C11H16N2O. The number of nitrogens with zero attached hydrogens (tertiary/aromatic N) is 1. The van der Waals surface area contributed by atoms with Crippen LogP contribution in [-0.2, 0) is 0 Å². The zero-order valence-corrected chi connectivity index (χ0v) is 8.40. The maximum Gasteiger partial charge on any atom is 0.0985 e. The van der Waals surface area contributed by atoms with Crippen molar-refractivity contribution in [2.45, 2.75) is 31.4 Å². The summed E-state index contributed by atoms with van der Waals surface area (Å²) in [6, 6.07) is 2.42. The van der Waals surface area contributed by atoms with Gasteiger partial charge in [0.25, 0.3) is 0 Å². The van der Waals surface area contributed by atoms with Gasteiger partial charge in [0.05, 0.1) is 17.6 Å². The smallest absolute Gasteiger partial charge is 0.0985 e. The standard InChI is InChI=1S/C11H16N2O/c1-6(4-12)11(14)8-2-7-5-13-10(11)9(7)3-8/h6-10,13-14H,2-3,5H2,1H3. The lowest BCUT2D eigenvalue weighted by Gasteiger charge is -2.39. The van der Waals surface area contributed by atoms with E-state index in [1.807, 2.05) is 6.92 Å². The summed E-state index contributed by atoms with van der Waals surface area (Å²) < 4.78 is 0. The largest absolute Gasteiger partial charge is 0.387 e. The minimum atomic E-state index is -0.744. The second kappa shape index (κ2) is 2.50. The number of hydrogen-bond acceptors (Lipinski definition) is 3. The predicted octanol–water partition coefficient (Wildman–Crippen LogP) is 0.505. The van der Waals surface area contributed by atoms with Crippen LogP contribution in [0.5, 0.6) is 0 Å². The van der Waals surface area contributed by atoms with Gasteiger partial charge in [-0.05, 0) is 44.1 Å². The number of aliphatic hydroxyl groups is 1. The van der Waals surface area contributed by atoms with E-state index in [0.29, 0.717) is 11.8 Å². The van der Waals surface area contributed by atoms with Crippen LogP contribution in [0.2, 0.25) is 0 Å². The molecule has 2 saturated carbocycles. The molecular weight excluding hydrogens is 176 g/mol. The molecule has 76 valence electrons. The molecule has 0 radical (unpaired) electrons. The van der Waals surface area contributed by atoms with Crippen LogP contribution in [0.4, 0.5) is 0 Å². The van der Waals surface area contributed by atoms with E-state index >= 15 is 0 Å². The van der Waals surface area contributed by atoms with Crippen molar-refractivity contribution in [2.24, 2.45) is 23.7 Å². The summed E-state index contributed by atoms with van der Waals surface area (Å²) in [7, 11) is 0. The molecule has 1 heterocycles. The van der Waals surface area contributed by atoms with Gasteiger partial charge in [0, 0.05) is 6.04 Å². The van der Waals surface area contributed by atoms with E-state index in [9.17, 15) is 5.11 Å². The Hall–Kier alpha value is -0.590. The highest BCUT2D eigenvalue weighted by atomic mass is 16.3. The van der Waals surface area contributed by atoms with Gasteiger partial charge in [0.1, 0.15) is 0 Å². The molecule has 3 aliphatic rings. The van der Waals surface area contributed by atoms with Crippen LogP contribution >= 0.6 is 0 Å². The monoisotopic (exact) mass is 192 g/mol. The van der Waals surface area contributed by atoms with Crippen LogP contribution in [0.15, 0.2) is 0 Å². The summed E-state index contributed by atoms with van der Waals surface area (Å²) in [6.45, 7) is 2.90. The lowest BCUT2D eigenvalue weighted by molar-refractivity contribution is -0.0585. The van der Waals surface area contributed by atoms with Crippen LogP contribution in [0, 0.1) is 35.0 Å². The first-order valence-corrected chi connectivity index (χ1v) is 5.53. The van der Waals surface area contributed by atoms with Crippen LogP contribution in [0.3, 0.4) is 0 Å². The Labute approximate surface area is 84.1 Å². The predicted molar refractivity (Wildman–Crippen MR) is 51.2 cm³/mol. The van der Waals surface area contributed by atoms with E-state index in [2.05, 4.69) is 11.4 Å². The molecule has 14 heavy (non-hydrogen) atoms. The van der Waals surface area contributed by atoms with Gasteiger partial charge in [-0.25, -0.2) is 0 Å². The van der Waals surface area contributed by atoms with Gasteiger partial charge in [-0.3, -0.25) is 0 Å². The number of nitriles is 1. The summed E-state index contributed by atoms with van der Waals surface area (Å²) in [4.78, 5) is 0. The van der Waals surface area contributed by atoms with E-state index in [4.69, 9.17) is 5.26 Å². The molecule has 0 aromatic heterocycles. The van der Waals surface area contributed by atoms with Crippen molar-refractivity contribution in [1.29, 1.82) is 5.26 Å². The number of nitrogens with one attached hydrogen (secondary N) is 1. The molecule has 1 saturated heterocycles. The quantitative estimate of drug-likeness (QED) is 0.636. The first kappa shape index (κ1) is 8.70. The fourth-order valence-electron chi connectivity index (χ4n) is 4.09. The normalized spacial score (nSPS) is 56.1. The highest BCUT2D eigenvalue weighted by Gasteiger charge is 2.65. The van der Waals surface area contributed by atoms with Crippen LogP contribution in [-0.4, -0.2) is 23.3 Å². The van der Waals surface area contributed by atoms with Gasteiger partial charge in [0.15, 0.2) is 0 Å². The first-order chi connectivity index (χ1) is 6.67. The molecule has 6 atom stereocenters. The molecule has 0 aromatic rings. The third-order valence-electron chi connectivity index (χ3n) is 4.82. The van der Waals surface area contributed by atoms with Crippen molar-refractivity contribution >= 4 is 0 Å². The van der Waals surface area contributed by atoms with Gasteiger partial charge in [-0.2, -0.15) is 5.26 Å². The number of hydrogen-bond donors (Lipinski definition) is 2. The van der Waals surface area contributed by atoms with Gasteiger partial charge < -0.3 is 10.4 Å². The fraction of sp³-hybridized carbons (Fsp3) is 0.909. The molecule has 2 bridgehead atoms. The summed E-state index contributed by atoms with van der Waals surface area (Å²) in [5.74, 6) is 1.54. The summed E-state index contributed by atoms with van der Waals surface area (Å²) in [5.41, 5.74) is -0.744. The van der Waals surface area contributed by atoms with Crippen molar-refractivity contribution < 1.29 is 5.11 Å². The van der Waals surface area contributed by atoms with Gasteiger partial charge in [0.2, 0.25) is 0 Å². The second-order valence-electron chi connectivity index (χ2n) is 5.22. The van der Waals surface area contributed by atoms with Gasteiger partial charge >= 0.3 is 0 Å². The van der Waals surface area contributed by atoms with E-state index in [0.717, 1.165) is 25.3 Å². The van der Waals surface area contributed by atoms with Crippen molar-refractivity contribution in [1.82, 2.24) is 5.32 Å². The van der Waals surface area contributed by atoms with Crippen LogP contribution < -0.4 is 5.32 Å². The third kappa shape index (κ3) is 0.757. The average molecular weight is 192 g/mol. The van der Waals surface area contributed by atoms with Crippen molar-refractivity contribution in [2.75, 3.05) is 6.54 Å². The maximum atomic E-state index is 10.7. The maximum absolute atomic E-state index is 10.7. The van der Waals surface area contributed by atoms with E-state index in [-0.39, 0.29) is 12.0 Å². The molecule has 3 nitrogen and oxygen atoms in total. The molecule has 0 aromatic carbocycles. The average Bonchev–Trinajstić information content (AvgIpc) is 2.76. The first-order valence-electron chi connectivity index (χ1n) is 5.53. The minimum Gasteiger partial charge on any atom is -0.387 e. The Bertz CT molecular complexity index is 309. The van der Waals surface area contributed by atoms with Gasteiger partial charge in [-0.1, -0.05) is 0 Å². The van der Waals surface area contributed by atoms with Crippen LogP contribution in [0.25, 0.3) is 0 Å². The second-order valence-corrected chi connectivity index (χ2v) is 5.22. The van der Waals surface area contributed by atoms with Gasteiger partial charge in [-0.15, -0.1) is 0 Å². The number of fused-ring (bicyclic) bond motifs is 1. The Morgan fingerprint density at radius 3 is 3.07 bits per heavy atom. The fourth-order valence-corrected chi connectivity index (χ4v) is 4.09. The SMILES string of the molecule is CC(C#N)C1(O)C2CC3CNC1C3C2. The van der Waals surface area contributed by atoms with Crippen molar-refractivity contribution in [3.05, 3.63) is 0 Å². The molecule has 3 heteroatoms.